The van der Waals surface area contributed by atoms with Crippen LogP contribution in [0.4, 0.5) is 0 Å². The van der Waals surface area contributed by atoms with Crippen LogP contribution in [0.15, 0.2) is 10.6 Å². The predicted molar refractivity (Wildman–Crippen MR) is 58.0 cm³/mol. The van der Waals surface area contributed by atoms with Crippen LogP contribution in [-0.2, 0) is 11.3 Å². The van der Waals surface area contributed by atoms with Crippen molar-refractivity contribution in [3.8, 4) is 0 Å². The largest absolute Gasteiger partial charge is 0.377 e. The van der Waals surface area contributed by atoms with E-state index in [0.717, 1.165) is 5.33 Å². The summed E-state index contributed by atoms with van der Waals surface area (Å²) in [5, 5.41) is 4.41. The molecule has 84 valence electrons. The minimum Gasteiger partial charge on any atom is -0.377 e. The van der Waals surface area contributed by atoms with Crippen LogP contribution in [0.1, 0.15) is 16.2 Å². The van der Waals surface area contributed by atoms with Gasteiger partial charge in [0.1, 0.15) is 6.61 Å². The summed E-state index contributed by atoms with van der Waals surface area (Å²) in [7, 11) is 3.27. The number of halogens is 1. The molecular weight excluding hydrogens is 264 g/mol. The van der Waals surface area contributed by atoms with Gasteiger partial charge in [-0.3, -0.25) is 4.79 Å². The quantitative estimate of drug-likeness (QED) is 0.761. The Bertz CT molecular complexity index is 327. The summed E-state index contributed by atoms with van der Waals surface area (Å²) in [6.45, 7) is 0.952. The number of carbonyl (C=O) groups excluding carboxylic acids is 1. The fraction of sp³-hybridized carbons (Fsp3) is 0.556. The Morgan fingerprint density at radius 1 is 1.73 bits per heavy atom. The molecule has 0 N–H and O–H groups in total. The molecule has 1 rings (SSSR count). The first kappa shape index (κ1) is 12.2. The van der Waals surface area contributed by atoms with Gasteiger partial charge in [0.25, 0.3) is 5.91 Å². The second kappa shape index (κ2) is 5.87. The van der Waals surface area contributed by atoms with Gasteiger partial charge in [0.05, 0.1) is 0 Å². The standard InChI is InChI=1S/C9H13BrN2O3/c1-12(4-3-10)9(13)8-5-7(6-14-2)15-11-8/h5H,3-4,6H2,1-2H3. The lowest BCUT2D eigenvalue weighted by atomic mass is 10.3. The van der Waals surface area contributed by atoms with Crippen molar-refractivity contribution in [3.63, 3.8) is 0 Å². The molecule has 15 heavy (non-hydrogen) atoms. The molecule has 0 radical (unpaired) electrons. The summed E-state index contributed by atoms with van der Waals surface area (Å²) in [4.78, 5) is 13.3. The zero-order chi connectivity index (χ0) is 11.3. The van der Waals surface area contributed by atoms with Gasteiger partial charge in [-0.25, -0.2) is 0 Å². The van der Waals surface area contributed by atoms with Crippen LogP contribution < -0.4 is 0 Å². The number of hydrogen-bond acceptors (Lipinski definition) is 4. The van der Waals surface area contributed by atoms with E-state index in [1.54, 1.807) is 25.1 Å². The second-order valence-corrected chi connectivity index (χ2v) is 3.82. The molecule has 0 aliphatic heterocycles. The predicted octanol–water partition coefficient (Wildman–Crippen LogP) is 1.29. The Labute approximate surface area is 96.5 Å². The maximum absolute atomic E-state index is 11.7. The van der Waals surface area contributed by atoms with Crippen molar-refractivity contribution >= 4 is 21.8 Å². The Morgan fingerprint density at radius 2 is 2.47 bits per heavy atom. The van der Waals surface area contributed by atoms with E-state index in [1.807, 2.05) is 0 Å². The van der Waals surface area contributed by atoms with Crippen molar-refractivity contribution in [2.24, 2.45) is 0 Å². The third-order valence-electron chi connectivity index (χ3n) is 1.83. The van der Waals surface area contributed by atoms with Crippen LogP contribution in [0.2, 0.25) is 0 Å². The average molecular weight is 277 g/mol. The molecule has 0 fully saturated rings. The molecule has 0 saturated heterocycles. The molecule has 6 heteroatoms. The molecule has 1 aromatic heterocycles. The minimum absolute atomic E-state index is 0.152. The topological polar surface area (TPSA) is 55.6 Å². The molecule has 1 amide bonds. The highest BCUT2D eigenvalue weighted by Gasteiger charge is 2.16. The molecule has 0 unspecified atom stereocenters. The van der Waals surface area contributed by atoms with Gasteiger partial charge in [0, 0.05) is 32.1 Å². The van der Waals surface area contributed by atoms with Crippen molar-refractivity contribution in [1.82, 2.24) is 10.1 Å². The normalized spacial score (nSPS) is 10.3. The molecule has 0 atom stereocenters. The van der Waals surface area contributed by atoms with Crippen molar-refractivity contribution < 1.29 is 14.1 Å². The molecule has 0 saturated carbocycles. The van der Waals surface area contributed by atoms with Gasteiger partial charge < -0.3 is 14.2 Å². The second-order valence-electron chi connectivity index (χ2n) is 3.03. The minimum atomic E-state index is -0.152. The van der Waals surface area contributed by atoms with Gasteiger partial charge in [-0.15, -0.1) is 0 Å². The van der Waals surface area contributed by atoms with Gasteiger partial charge in [0.2, 0.25) is 0 Å². The number of ether oxygens (including phenoxy) is 1. The van der Waals surface area contributed by atoms with Crippen molar-refractivity contribution in [1.29, 1.82) is 0 Å². The summed E-state index contributed by atoms with van der Waals surface area (Å²) in [6, 6.07) is 1.59. The Morgan fingerprint density at radius 3 is 3.07 bits per heavy atom. The zero-order valence-corrected chi connectivity index (χ0v) is 10.3. The average Bonchev–Trinajstić information content (AvgIpc) is 2.66. The first-order valence-corrected chi connectivity index (χ1v) is 5.57. The number of hydrogen-bond donors (Lipinski definition) is 0. The van der Waals surface area contributed by atoms with Crippen molar-refractivity contribution in [3.05, 3.63) is 17.5 Å². The zero-order valence-electron chi connectivity index (χ0n) is 8.70. The number of carbonyl (C=O) groups is 1. The summed E-state index contributed by atoms with van der Waals surface area (Å²) < 4.78 is 9.78. The van der Waals surface area contributed by atoms with Crippen LogP contribution in [-0.4, -0.2) is 42.0 Å². The molecule has 0 aromatic carbocycles. The van der Waals surface area contributed by atoms with E-state index < -0.39 is 0 Å². The fourth-order valence-corrected chi connectivity index (χ4v) is 1.58. The molecule has 1 aromatic rings. The molecular formula is C9H13BrN2O3. The lowest BCUT2D eigenvalue weighted by Crippen LogP contribution is -2.28. The van der Waals surface area contributed by atoms with Crippen molar-refractivity contribution in [2.45, 2.75) is 6.61 Å². The SMILES string of the molecule is COCc1cc(C(=O)N(C)CCBr)no1. The van der Waals surface area contributed by atoms with E-state index >= 15 is 0 Å². The fourth-order valence-electron chi connectivity index (χ4n) is 1.05. The monoisotopic (exact) mass is 276 g/mol. The lowest BCUT2D eigenvalue weighted by Gasteiger charge is -2.12. The van der Waals surface area contributed by atoms with E-state index in [4.69, 9.17) is 9.26 Å². The van der Waals surface area contributed by atoms with Crippen molar-refractivity contribution in [2.75, 3.05) is 26.0 Å². The van der Waals surface area contributed by atoms with E-state index in [2.05, 4.69) is 21.1 Å². The van der Waals surface area contributed by atoms with Crippen LogP contribution in [0.25, 0.3) is 0 Å². The molecule has 0 aliphatic rings. The number of methoxy groups -OCH3 is 1. The molecule has 1 heterocycles. The maximum atomic E-state index is 11.7. The van der Waals surface area contributed by atoms with Crippen LogP contribution >= 0.6 is 15.9 Å². The van der Waals surface area contributed by atoms with Gasteiger partial charge in [0.15, 0.2) is 11.5 Å². The first-order valence-electron chi connectivity index (χ1n) is 4.45. The third kappa shape index (κ3) is 3.32. The van der Waals surface area contributed by atoms with E-state index in [0.29, 0.717) is 24.6 Å². The summed E-state index contributed by atoms with van der Waals surface area (Å²) >= 11 is 3.26. The van der Waals surface area contributed by atoms with Crippen LogP contribution in [0.3, 0.4) is 0 Å². The van der Waals surface area contributed by atoms with Crippen LogP contribution in [0.5, 0.6) is 0 Å². The highest BCUT2D eigenvalue weighted by Crippen LogP contribution is 2.07. The summed E-state index contributed by atoms with van der Waals surface area (Å²) in [5.41, 5.74) is 0.311. The van der Waals surface area contributed by atoms with E-state index in [-0.39, 0.29) is 5.91 Å². The first-order chi connectivity index (χ1) is 7.19. The molecule has 0 spiro atoms. The number of rotatable bonds is 5. The lowest BCUT2D eigenvalue weighted by molar-refractivity contribution is 0.0793. The third-order valence-corrected chi connectivity index (χ3v) is 2.19. The molecule has 0 bridgehead atoms. The number of alkyl halides is 1. The van der Waals surface area contributed by atoms with Crippen LogP contribution in [0, 0.1) is 0 Å². The Balaban J connectivity index is 2.65. The Hall–Kier alpha value is -0.880. The maximum Gasteiger partial charge on any atom is 0.275 e. The van der Waals surface area contributed by atoms with Gasteiger partial charge in [-0.1, -0.05) is 21.1 Å². The number of aromatic nitrogens is 1. The molecule has 0 aliphatic carbocycles. The van der Waals surface area contributed by atoms with Gasteiger partial charge in [-0.05, 0) is 0 Å². The van der Waals surface area contributed by atoms with E-state index in [1.165, 1.54) is 0 Å². The Kier molecular flexibility index (Phi) is 4.77. The van der Waals surface area contributed by atoms with E-state index in [9.17, 15) is 4.79 Å². The smallest absolute Gasteiger partial charge is 0.275 e. The number of amides is 1. The number of nitrogens with zero attached hydrogens (tertiary/aromatic N) is 2. The summed E-state index contributed by atoms with van der Waals surface area (Å²) in [5.74, 6) is 0.397. The molecule has 5 nitrogen and oxygen atoms in total. The summed E-state index contributed by atoms with van der Waals surface area (Å²) in [6.07, 6.45) is 0. The highest BCUT2D eigenvalue weighted by atomic mass is 79.9. The van der Waals surface area contributed by atoms with Gasteiger partial charge >= 0.3 is 0 Å². The highest BCUT2D eigenvalue weighted by molar-refractivity contribution is 9.09. The van der Waals surface area contributed by atoms with Gasteiger partial charge in [-0.2, -0.15) is 0 Å².